The highest BCUT2D eigenvalue weighted by Crippen LogP contribution is 2.44. The van der Waals surface area contributed by atoms with Crippen LogP contribution in [0.5, 0.6) is 0 Å². The van der Waals surface area contributed by atoms with Crippen molar-refractivity contribution in [2.24, 2.45) is 0 Å². The van der Waals surface area contributed by atoms with E-state index in [1.807, 2.05) is 11.3 Å². The lowest BCUT2D eigenvalue weighted by atomic mass is 9.72. The number of hydrogen-bond donors (Lipinski definition) is 1. The first-order chi connectivity index (χ1) is 9.29. The molecule has 100 valence electrons. The van der Waals surface area contributed by atoms with Crippen molar-refractivity contribution < 1.29 is 0 Å². The predicted molar refractivity (Wildman–Crippen MR) is 83.0 cm³/mol. The second kappa shape index (κ2) is 5.48. The quantitative estimate of drug-likeness (QED) is 0.848. The van der Waals surface area contributed by atoms with Gasteiger partial charge in [0, 0.05) is 16.8 Å². The Morgan fingerprint density at radius 2 is 2.21 bits per heavy atom. The van der Waals surface area contributed by atoms with Gasteiger partial charge in [0.1, 0.15) is 0 Å². The molecule has 2 atom stereocenters. The summed E-state index contributed by atoms with van der Waals surface area (Å²) in [6, 6.07) is 11.7. The maximum Gasteiger partial charge on any atom is 0.0401 e. The maximum absolute atomic E-state index is 3.75. The number of hydrogen-bond acceptors (Lipinski definition) is 2. The van der Waals surface area contributed by atoms with Gasteiger partial charge in [-0.05, 0) is 54.4 Å². The van der Waals surface area contributed by atoms with Crippen molar-refractivity contribution in [2.75, 3.05) is 6.54 Å². The molecule has 0 fully saturated rings. The van der Waals surface area contributed by atoms with Crippen LogP contribution in [-0.4, -0.2) is 6.54 Å². The van der Waals surface area contributed by atoms with Crippen LogP contribution >= 0.6 is 11.3 Å². The van der Waals surface area contributed by atoms with Crippen LogP contribution in [0, 0.1) is 6.92 Å². The third-order valence-corrected chi connectivity index (χ3v) is 4.90. The van der Waals surface area contributed by atoms with E-state index < -0.39 is 0 Å². The zero-order valence-electron chi connectivity index (χ0n) is 11.6. The van der Waals surface area contributed by atoms with Crippen LogP contribution in [0.1, 0.15) is 46.9 Å². The lowest BCUT2D eigenvalue weighted by Gasteiger charge is -2.37. The molecule has 1 nitrogen and oxygen atoms in total. The molecule has 19 heavy (non-hydrogen) atoms. The summed E-state index contributed by atoms with van der Waals surface area (Å²) in [6.45, 7) is 5.52. The number of thiophene rings is 1. The molecule has 1 heterocycles. The first-order valence-corrected chi connectivity index (χ1v) is 8.03. The van der Waals surface area contributed by atoms with Gasteiger partial charge in [-0.2, -0.15) is 0 Å². The van der Waals surface area contributed by atoms with Gasteiger partial charge in [0.15, 0.2) is 0 Å². The van der Waals surface area contributed by atoms with E-state index in [0.29, 0.717) is 12.0 Å². The van der Waals surface area contributed by atoms with Gasteiger partial charge < -0.3 is 5.32 Å². The van der Waals surface area contributed by atoms with Gasteiger partial charge in [-0.1, -0.05) is 31.2 Å². The van der Waals surface area contributed by atoms with Crippen molar-refractivity contribution >= 4 is 11.3 Å². The van der Waals surface area contributed by atoms with Crippen LogP contribution in [-0.2, 0) is 6.42 Å². The van der Waals surface area contributed by atoms with Crippen LogP contribution in [0.15, 0.2) is 35.7 Å². The molecular formula is C17H21NS. The van der Waals surface area contributed by atoms with Gasteiger partial charge in [-0.15, -0.1) is 11.3 Å². The third-order valence-electron chi connectivity index (χ3n) is 4.02. The van der Waals surface area contributed by atoms with Crippen molar-refractivity contribution in [3.63, 3.8) is 0 Å². The highest BCUT2D eigenvalue weighted by Gasteiger charge is 2.33. The first kappa shape index (κ1) is 12.9. The second-order valence-electron chi connectivity index (χ2n) is 5.43. The van der Waals surface area contributed by atoms with E-state index in [4.69, 9.17) is 0 Å². The van der Waals surface area contributed by atoms with E-state index in [-0.39, 0.29) is 0 Å². The Hall–Kier alpha value is -1.12. The van der Waals surface area contributed by atoms with Crippen molar-refractivity contribution in [1.29, 1.82) is 0 Å². The SMILES string of the molecule is CCCNC(c1csc(C)c1)C1Cc2ccccc21. The Balaban J connectivity index is 1.85. The molecule has 0 spiro atoms. The molecule has 2 unspecified atom stereocenters. The highest BCUT2D eigenvalue weighted by atomic mass is 32.1. The van der Waals surface area contributed by atoms with Gasteiger partial charge in [0.25, 0.3) is 0 Å². The molecule has 2 aromatic rings. The fraction of sp³-hybridized carbons (Fsp3) is 0.412. The Kier molecular flexibility index (Phi) is 3.72. The predicted octanol–water partition coefficient (Wildman–Crippen LogP) is 4.44. The normalized spacial score (nSPS) is 18.7. The molecule has 0 saturated heterocycles. The monoisotopic (exact) mass is 271 g/mol. The minimum absolute atomic E-state index is 0.486. The Bertz CT molecular complexity index is 558. The second-order valence-corrected chi connectivity index (χ2v) is 6.55. The summed E-state index contributed by atoms with van der Waals surface area (Å²) >= 11 is 1.86. The van der Waals surface area contributed by atoms with Crippen molar-refractivity contribution in [2.45, 2.75) is 38.6 Å². The molecule has 2 heteroatoms. The topological polar surface area (TPSA) is 12.0 Å². The molecule has 0 bridgehead atoms. The standard InChI is InChI=1S/C17H21NS/c1-3-8-18-17(14-9-12(2)19-11-14)16-10-13-6-4-5-7-15(13)16/h4-7,9,11,16-18H,3,8,10H2,1-2H3. The number of aryl methyl sites for hydroxylation is 1. The van der Waals surface area contributed by atoms with Crippen molar-refractivity contribution in [3.8, 4) is 0 Å². The molecule has 0 aliphatic heterocycles. The van der Waals surface area contributed by atoms with E-state index in [1.165, 1.54) is 28.8 Å². The van der Waals surface area contributed by atoms with Crippen LogP contribution < -0.4 is 5.32 Å². The molecule has 1 aliphatic rings. The Morgan fingerprint density at radius 1 is 1.37 bits per heavy atom. The van der Waals surface area contributed by atoms with E-state index in [2.05, 4.69) is 54.9 Å². The number of nitrogens with one attached hydrogen (secondary N) is 1. The van der Waals surface area contributed by atoms with E-state index in [0.717, 1.165) is 6.54 Å². The summed E-state index contributed by atoms with van der Waals surface area (Å²) in [6.07, 6.45) is 2.40. The molecular weight excluding hydrogens is 250 g/mol. The summed E-state index contributed by atoms with van der Waals surface area (Å²) in [4.78, 5) is 1.41. The number of fused-ring (bicyclic) bond motifs is 1. The molecule has 1 aromatic heterocycles. The van der Waals surface area contributed by atoms with Gasteiger partial charge in [-0.3, -0.25) is 0 Å². The molecule has 0 saturated carbocycles. The van der Waals surface area contributed by atoms with Crippen LogP contribution in [0.4, 0.5) is 0 Å². The molecule has 3 rings (SSSR count). The molecule has 1 aliphatic carbocycles. The average molecular weight is 271 g/mol. The number of rotatable bonds is 5. The summed E-state index contributed by atoms with van der Waals surface area (Å²) in [7, 11) is 0. The van der Waals surface area contributed by atoms with Crippen LogP contribution in [0.3, 0.4) is 0 Å². The molecule has 1 aromatic carbocycles. The largest absolute Gasteiger partial charge is 0.309 e. The first-order valence-electron chi connectivity index (χ1n) is 7.16. The zero-order valence-corrected chi connectivity index (χ0v) is 12.5. The van der Waals surface area contributed by atoms with E-state index in [9.17, 15) is 0 Å². The van der Waals surface area contributed by atoms with Gasteiger partial charge in [0.2, 0.25) is 0 Å². The lowest BCUT2D eigenvalue weighted by molar-refractivity contribution is 0.412. The summed E-state index contributed by atoms with van der Waals surface area (Å²) in [5.74, 6) is 0.650. The fourth-order valence-electron chi connectivity index (χ4n) is 3.01. The zero-order chi connectivity index (χ0) is 13.2. The smallest absolute Gasteiger partial charge is 0.0401 e. The van der Waals surface area contributed by atoms with Gasteiger partial charge >= 0.3 is 0 Å². The van der Waals surface area contributed by atoms with Crippen LogP contribution in [0.25, 0.3) is 0 Å². The van der Waals surface area contributed by atoms with E-state index >= 15 is 0 Å². The summed E-state index contributed by atoms with van der Waals surface area (Å²) in [5, 5.41) is 6.07. The fourth-order valence-corrected chi connectivity index (χ4v) is 3.75. The average Bonchev–Trinajstić information content (AvgIpc) is 2.81. The van der Waals surface area contributed by atoms with Gasteiger partial charge in [-0.25, -0.2) is 0 Å². The van der Waals surface area contributed by atoms with Crippen molar-refractivity contribution in [3.05, 3.63) is 57.3 Å². The summed E-state index contributed by atoms with van der Waals surface area (Å²) < 4.78 is 0. The number of benzene rings is 1. The Morgan fingerprint density at radius 3 is 2.89 bits per heavy atom. The van der Waals surface area contributed by atoms with E-state index in [1.54, 1.807) is 5.56 Å². The minimum atomic E-state index is 0.486. The molecule has 0 amide bonds. The van der Waals surface area contributed by atoms with Gasteiger partial charge in [0.05, 0.1) is 0 Å². The highest BCUT2D eigenvalue weighted by molar-refractivity contribution is 7.10. The van der Waals surface area contributed by atoms with Crippen LogP contribution in [0.2, 0.25) is 0 Å². The molecule has 0 radical (unpaired) electrons. The third kappa shape index (κ3) is 2.47. The Labute approximate surface area is 119 Å². The maximum atomic E-state index is 3.75. The minimum Gasteiger partial charge on any atom is -0.309 e. The van der Waals surface area contributed by atoms with Crippen molar-refractivity contribution in [1.82, 2.24) is 5.32 Å². The lowest BCUT2D eigenvalue weighted by Crippen LogP contribution is -2.33. The molecule has 1 N–H and O–H groups in total. The summed E-state index contributed by atoms with van der Waals surface area (Å²) in [5.41, 5.74) is 4.54.